The van der Waals surface area contributed by atoms with Gasteiger partial charge in [0.05, 0.1) is 0 Å². The number of hydrogen-bond acceptors (Lipinski definition) is 2. The molecule has 0 radical (unpaired) electrons. The van der Waals surface area contributed by atoms with Gasteiger partial charge in [0.1, 0.15) is 0 Å². The van der Waals surface area contributed by atoms with Crippen LogP contribution in [-0.4, -0.2) is 19.5 Å². The van der Waals surface area contributed by atoms with Crippen LogP contribution in [0.1, 0.15) is 24.3 Å². The van der Waals surface area contributed by atoms with Crippen LogP contribution < -0.4 is 10.6 Å². The van der Waals surface area contributed by atoms with Crippen LogP contribution in [0.4, 0.5) is 5.69 Å². The van der Waals surface area contributed by atoms with Gasteiger partial charge >= 0.3 is 0 Å². The average molecular weight is 239 g/mol. The van der Waals surface area contributed by atoms with Crippen molar-refractivity contribution in [2.24, 2.45) is 5.73 Å². The van der Waals surface area contributed by atoms with Crippen LogP contribution >= 0.6 is 11.6 Å². The van der Waals surface area contributed by atoms with Gasteiger partial charge in [-0.3, -0.25) is 4.79 Å². The van der Waals surface area contributed by atoms with Crippen LogP contribution in [0.25, 0.3) is 0 Å². The summed E-state index contributed by atoms with van der Waals surface area (Å²) in [7, 11) is 1.80. The van der Waals surface area contributed by atoms with Crippen molar-refractivity contribution in [1.29, 1.82) is 0 Å². The predicted octanol–water partition coefficient (Wildman–Crippen LogP) is 2.14. The standard InChI is InChI=1S/C12H15ClN2O/c1-15-11-3-2-9(13)7-10(11)8(4-5-14)6-12(15)16/h2-3,7-8H,4-6,14H2,1H3. The van der Waals surface area contributed by atoms with Gasteiger partial charge in [-0.1, -0.05) is 11.6 Å². The largest absolute Gasteiger partial charge is 0.330 e. The fraction of sp³-hybridized carbons (Fsp3) is 0.417. The van der Waals surface area contributed by atoms with E-state index in [9.17, 15) is 4.79 Å². The van der Waals surface area contributed by atoms with Crippen molar-refractivity contribution in [3.05, 3.63) is 28.8 Å². The maximum atomic E-state index is 11.8. The molecule has 1 unspecified atom stereocenters. The van der Waals surface area contributed by atoms with Gasteiger partial charge in [-0.15, -0.1) is 0 Å². The van der Waals surface area contributed by atoms with Crippen LogP contribution in [-0.2, 0) is 4.79 Å². The molecule has 16 heavy (non-hydrogen) atoms. The molecule has 0 bridgehead atoms. The normalized spacial score (nSPS) is 19.8. The van der Waals surface area contributed by atoms with E-state index in [-0.39, 0.29) is 11.8 Å². The molecule has 2 rings (SSSR count). The first-order valence-electron chi connectivity index (χ1n) is 5.39. The Balaban J connectivity index is 2.45. The summed E-state index contributed by atoms with van der Waals surface area (Å²) >= 11 is 5.99. The minimum atomic E-state index is 0.147. The average Bonchev–Trinajstić information content (AvgIpc) is 2.26. The number of nitrogens with two attached hydrogens (primary N) is 1. The minimum absolute atomic E-state index is 0.147. The second kappa shape index (κ2) is 4.44. The van der Waals surface area contributed by atoms with Crippen molar-refractivity contribution in [2.75, 3.05) is 18.5 Å². The summed E-state index contributed by atoms with van der Waals surface area (Å²) in [6.45, 7) is 0.591. The van der Waals surface area contributed by atoms with Gasteiger partial charge in [0.25, 0.3) is 0 Å². The lowest BCUT2D eigenvalue weighted by atomic mass is 9.87. The Labute approximate surface area is 100 Å². The third kappa shape index (κ3) is 1.93. The van der Waals surface area contributed by atoms with Gasteiger partial charge < -0.3 is 10.6 Å². The molecule has 1 aliphatic rings. The van der Waals surface area contributed by atoms with E-state index in [2.05, 4.69) is 0 Å². The summed E-state index contributed by atoms with van der Waals surface area (Å²) in [5.41, 5.74) is 7.67. The SMILES string of the molecule is CN1C(=O)CC(CCN)c2cc(Cl)ccc21. The molecular weight excluding hydrogens is 224 g/mol. The van der Waals surface area contributed by atoms with E-state index in [1.165, 1.54) is 0 Å². The molecule has 1 aliphatic heterocycles. The van der Waals surface area contributed by atoms with Crippen LogP contribution in [0, 0.1) is 0 Å². The third-order valence-electron chi connectivity index (χ3n) is 3.10. The Morgan fingerprint density at radius 2 is 2.31 bits per heavy atom. The summed E-state index contributed by atoms with van der Waals surface area (Å²) in [6, 6.07) is 5.66. The number of halogens is 1. The van der Waals surface area contributed by atoms with Crippen molar-refractivity contribution in [1.82, 2.24) is 0 Å². The number of anilines is 1. The van der Waals surface area contributed by atoms with Crippen LogP contribution in [0.5, 0.6) is 0 Å². The fourth-order valence-electron chi connectivity index (χ4n) is 2.21. The van der Waals surface area contributed by atoms with Crippen LogP contribution in [0.3, 0.4) is 0 Å². The van der Waals surface area contributed by atoms with Crippen molar-refractivity contribution in [3.8, 4) is 0 Å². The number of carbonyl (C=O) groups excluding carboxylic acids is 1. The smallest absolute Gasteiger partial charge is 0.227 e. The molecule has 86 valence electrons. The number of hydrogen-bond donors (Lipinski definition) is 1. The molecule has 2 N–H and O–H groups in total. The Hall–Kier alpha value is -1.06. The Morgan fingerprint density at radius 1 is 1.56 bits per heavy atom. The highest BCUT2D eigenvalue weighted by atomic mass is 35.5. The first-order chi connectivity index (χ1) is 7.63. The molecule has 0 aromatic heterocycles. The number of rotatable bonds is 2. The number of amides is 1. The molecule has 0 aliphatic carbocycles. The quantitative estimate of drug-likeness (QED) is 0.858. The predicted molar refractivity (Wildman–Crippen MR) is 65.9 cm³/mol. The zero-order valence-electron chi connectivity index (χ0n) is 9.24. The topological polar surface area (TPSA) is 46.3 Å². The lowest BCUT2D eigenvalue weighted by molar-refractivity contribution is -0.119. The van der Waals surface area contributed by atoms with E-state index in [0.29, 0.717) is 18.0 Å². The molecule has 1 aromatic rings. The summed E-state index contributed by atoms with van der Waals surface area (Å²) in [6.07, 6.45) is 1.36. The number of carbonyl (C=O) groups is 1. The van der Waals surface area contributed by atoms with Gasteiger partial charge in [0.2, 0.25) is 5.91 Å². The van der Waals surface area contributed by atoms with Crippen LogP contribution in [0.15, 0.2) is 18.2 Å². The summed E-state index contributed by atoms with van der Waals surface area (Å²) < 4.78 is 0. The van der Waals surface area contributed by atoms with Crippen LogP contribution in [0.2, 0.25) is 5.02 Å². The molecule has 3 nitrogen and oxygen atoms in total. The van der Waals surface area contributed by atoms with Gasteiger partial charge in [-0.05, 0) is 42.6 Å². The molecule has 1 amide bonds. The van der Waals surface area contributed by atoms with E-state index in [4.69, 9.17) is 17.3 Å². The molecule has 0 saturated carbocycles. The molecule has 1 aromatic carbocycles. The highest BCUT2D eigenvalue weighted by Gasteiger charge is 2.28. The van der Waals surface area contributed by atoms with Crippen molar-refractivity contribution >= 4 is 23.2 Å². The minimum Gasteiger partial charge on any atom is -0.330 e. The van der Waals surface area contributed by atoms with Crippen molar-refractivity contribution in [2.45, 2.75) is 18.8 Å². The lowest BCUT2D eigenvalue weighted by Gasteiger charge is -2.31. The Morgan fingerprint density at radius 3 is 3.00 bits per heavy atom. The Bertz CT molecular complexity index is 419. The number of benzene rings is 1. The molecule has 1 atom stereocenters. The van der Waals surface area contributed by atoms with Crippen molar-refractivity contribution in [3.63, 3.8) is 0 Å². The summed E-state index contributed by atoms with van der Waals surface area (Å²) in [4.78, 5) is 13.5. The van der Waals surface area contributed by atoms with Crippen molar-refractivity contribution < 1.29 is 4.79 Å². The molecule has 0 spiro atoms. The van der Waals surface area contributed by atoms with E-state index in [1.807, 2.05) is 18.2 Å². The number of nitrogens with zero attached hydrogens (tertiary/aromatic N) is 1. The van der Waals surface area contributed by atoms with Gasteiger partial charge in [0, 0.05) is 24.2 Å². The van der Waals surface area contributed by atoms with E-state index in [1.54, 1.807) is 11.9 Å². The Kier molecular flexibility index (Phi) is 3.17. The highest BCUT2D eigenvalue weighted by molar-refractivity contribution is 6.30. The fourth-order valence-corrected chi connectivity index (χ4v) is 2.39. The highest BCUT2D eigenvalue weighted by Crippen LogP contribution is 2.38. The number of fused-ring (bicyclic) bond motifs is 1. The van der Waals surface area contributed by atoms with Gasteiger partial charge in [-0.2, -0.15) is 0 Å². The van der Waals surface area contributed by atoms with Gasteiger partial charge in [0.15, 0.2) is 0 Å². The second-order valence-corrected chi connectivity index (χ2v) is 4.57. The molecule has 4 heteroatoms. The zero-order chi connectivity index (χ0) is 11.7. The molecule has 1 heterocycles. The molecule has 0 fully saturated rings. The summed E-state index contributed by atoms with van der Waals surface area (Å²) in [5, 5.41) is 0.712. The lowest BCUT2D eigenvalue weighted by Crippen LogP contribution is -2.33. The van der Waals surface area contributed by atoms with E-state index >= 15 is 0 Å². The first-order valence-corrected chi connectivity index (χ1v) is 5.77. The van der Waals surface area contributed by atoms with E-state index in [0.717, 1.165) is 17.7 Å². The summed E-state index contributed by atoms with van der Waals surface area (Å²) in [5.74, 6) is 0.357. The van der Waals surface area contributed by atoms with E-state index < -0.39 is 0 Å². The monoisotopic (exact) mass is 238 g/mol. The maximum Gasteiger partial charge on any atom is 0.227 e. The third-order valence-corrected chi connectivity index (χ3v) is 3.34. The van der Waals surface area contributed by atoms with Gasteiger partial charge in [-0.25, -0.2) is 0 Å². The second-order valence-electron chi connectivity index (χ2n) is 4.13. The first kappa shape index (κ1) is 11.4. The zero-order valence-corrected chi connectivity index (χ0v) is 10.00. The maximum absolute atomic E-state index is 11.8. The molecule has 0 saturated heterocycles. The molecular formula is C12H15ClN2O.